The summed E-state index contributed by atoms with van der Waals surface area (Å²) in [6, 6.07) is 3.78. The van der Waals surface area contributed by atoms with Gasteiger partial charge in [-0.15, -0.1) is 0 Å². The van der Waals surface area contributed by atoms with Gasteiger partial charge in [0.15, 0.2) is 0 Å². The minimum Gasteiger partial charge on any atom is -0.461 e. The molecule has 0 aliphatic heterocycles. The van der Waals surface area contributed by atoms with Crippen LogP contribution in [-0.4, -0.2) is 11.0 Å². The molecule has 0 saturated carbocycles. The second-order valence-corrected chi connectivity index (χ2v) is 7.84. The maximum Gasteiger partial charge on any atom is 0.306 e. The second kappa shape index (κ2) is 13.5. The lowest BCUT2D eigenvalue weighted by Gasteiger charge is -2.04. The molecule has 3 nitrogen and oxygen atoms in total. The summed E-state index contributed by atoms with van der Waals surface area (Å²) in [5.41, 5.74) is 4.43. The minimum absolute atomic E-state index is 0.0926. The Kier molecular flexibility index (Phi) is 10.8. The lowest BCUT2D eigenvalue weighted by Crippen LogP contribution is -2.04. The largest absolute Gasteiger partial charge is 0.461 e. The van der Waals surface area contributed by atoms with E-state index in [2.05, 4.69) is 11.9 Å². The van der Waals surface area contributed by atoms with Crippen LogP contribution in [0.3, 0.4) is 0 Å². The van der Waals surface area contributed by atoms with Crippen LogP contribution in [0, 0.1) is 0 Å². The first kappa shape index (κ1) is 21.7. The van der Waals surface area contributed by atoms with Gasteiger partial charge in [0.25, 0.3) is 0 Å². The zero-order valence-electron chi connectivity index (χ0n) is 17.2. The maximum atomic E-state index is 11.7. The van der Waals surface area contributed by atoms with Crippen molar-refractivity contribution in [3.05, 3.63) is 41.2 Å². The van der Waals surface area contributed by atoms with E-state index in [1.165, 1.54) is 70.6 Å². The number of nitrogens with zero attached hydrogens (tertiary/aromatic N) is 1. The molecule has 0 fully saturated rings. The summed E-state index contributed by atoms with van der Waals surface area (Å²) in [6.45, 7) is 2.61. The van der Waals surface area contributed by atoms with Crippen LogP contribution in [-0.2, 0) is 16.1 Å². The van der Waals surface area contributed by atoms with Gasteiger partial charge in [-0.2, -0.15) is 0 Å². The summed E-state index contributed by atoms with van der Waals surface area (Å²) >= 11 is 0. The predicted molar refractivity (Wildman–Crippen MR) is 111 cm³/mol. The van der Waals surface area contributed by atoms with Crippen LogP contribution in [0.1, 0.15) is 102 Å². The summed E-state index contributed by atoms with van der Waals surface area (Å²) in [5.74, 6) is -0.0926. The van der Waals surface area contributed by atoms with Gasteiger partial charge in [-0.05, 0) is 44.6 Å². The summed E-state index contributed by atoms with van der Waals surface area (Å²) in [6.07, 6.45) is 20.9. The standard InChI is InChI=1S/C24H37NO2/c1-2-3-4-5-6-9-14-22-18-23(22)15-10-7-8-11-16-24(26)27-20-21-13-12-17-25-19-21/h12-13,17,19H,2-11,14-16,18,20H2,1H3. The molecule has 0 aromatic carbocycles. The van der Waals surface area contributed by atoms with Crippen LogP contribution < -0.4 is 0 Å². The lowest BCUT2D eigenvalue weighted by atomic mass is 10.1. The normalized spacial score (nSPS) is 13.1. The topological polar surface area (TPSA) is 39.2 Å². The highest BCUT2D eigenvalue weighted by molar-refractivity contribution is 5.69. The summed E-state index contributed by atoms with van der Waals surface area (Å²) in [5, 5.41) is 0. The van der Waals surface area contributed by atoms with E-state index >= 15 is 0 Å². The quantitative estimate of drug-likeness (QED) is 0.180. The van der Waals surface area contributed by atoms with E-state index in [0.717, 1.165) is 18.4 Å². The number of hydrogen-bond donors (Lipinski definition) is 0. The molecule has 0 spiro atoms. The molecule has 0 saturated heterocycles. The molecule has 1 aromatic heterocycles. The Hall–Kier alpha value is -1.64. The third-order valence-corrected chi connectivity index (χ3v) is 5.37. The monoisotopic (exact) mass is 371 g/mol. The number of allylic oxidation sites excluding steroid dienone is 2. The molecule has 0 radical (unpaired) electrons. The van der Waals surface area contributed by atoms with Crippen molar-refractivity contribution >= 4 is 5.97 Å². The van der Waals surface area contributed by atoms with Crippen molar-refractivity contribution in [2.75, 3.05) is 0 Å². The molecular weight excluding hydrogens is 334 g/mol. The third-order valence-electron chi connectivity index (χ3n) is 5.37. The van der Waals surface area contributed by atoms with Crippen molar-refractivity contribution in [1.29, 1.82) is 0 Å². The molecule has 0 atom stereocenters. The first-order chi connectivity index (χ1) is 13.3. The van der Waals surface area contributed by atoms with Gasteiger partial charge >= 0.3 is 5.97 Å². The Morgan fingerprint density at radius 3 is 2.30 bits per heavy atom. The van der Waals surface area contributed by atoms with Crippen molar-refractivity contribution in [1.82, 2.24) is 4.98 Å². The lowest BCUT2D eigenvalue weighted by molar-refractivity contribution is -0.145. The smallest absolute Gasteiger partial charge is 0.306 e. The van der Waals surface area contributed by atoms with E-state index in [-0.39, 0.29) is 5.97 Å². The van der Waals surface area contributed by atoms with Gasteiger partial charge in [-0.3, -0.25) is 9.78 Å². The van der Waals surface area contributed by atoms with Crippen LogP contribution in [0.2, 0.25) is 0 Å². The number of ether oxygens (including phenoxy) is 1. The first-order valence-electron chi connectivity index (χ1n) is 11.0. The zero-order valence-corrected chi connectivity index (χ0v) is 17.2. The van der Waals surface area contributed by atoms with E-state index in [1.54, 1.807) is 23.5 Å². The van der Waals surface area contributed by atoms with Gasteiger partial charge in [0, 0.05) is 24.4 Å². The van der Waals surface area contributed by atoms with Crippen molar-refractivity contribution in [3.63, 3.8) is 0 Å². The Labute approximate surface area is 165 Å². The second-order valence-electron chi connectivity index (χ2n) is 7.84. The number of carbonyl (C=O) groups is 1. The Bertz CT molecular complexity index is 565. The number of hydrogen-bond acceptors (Lipinski definition) is 3. The van der Waals surface area contributed by atoms with Gasteiger partial charge in [-0.1, -0.05) is 69.1 Å². The predicted octanol–water partition coefficient (Wildman–Crippen LogP) is 6.92. The summed E-state index contributed by atoms with van der Waals surface area (Å²) in [4.78, 5) is 15.8. The first-order valence-corrected chi connectivity index (χ1v) is 11.0. The molecule has 2 rings (SSSR count). The van der Waals surface area contributed by atoms with E-state index in [0.29, 0.717) is 13.0 Å². The Balaban J connectivity index is 1.38. The maximum absolute atomic E-state index is 11.7. The van der Waals surface area contributed by atoms with Crippen molar-refractivity contribution < 1.29 is 9.53 Å². The molecular formula is C24H37NO2. The molecule has 1 heterocycles. The van der Waals surface area contributed by atoms with E-state index in [9.17, 15) is 4.79 Å². The fraction of sp³-hybridized carbons (Fsp3) is 0.667. The number of carbonyl (C=O) groups excluding carboxylic acids is 1. The number of aromatic nitrogens is 1. The molecule has 3 heteroatoms. The van der Waals surface area contributed by atoms with Gasteiger partial charge in [0.1, 0.15) is 6.61 Å². The minimum atomic E-state index is -0.0926. The Morgan fingerprint density at radius 1 is 0.963 bits per heavy atom. The highest BCUT2D eigenvalue weighted by atomic mass is 16.5. The molecule has 0 N–H and O–H groups in total. The molecule has 0 bridgehead atoms. The van der Waals surface area contributed by atoms with E-state index < -0.39 is 0 Å². The molecule has 1 aromatic rings. The number of rotatable bonds is 16. The number of esters is 1. The fourth-order valence-electron chi connectivity index (χ4n) is 3.54. The SMILES string of the molecule is CCCCCCCCC1=C(CCCCCCC(=O)OCc2cccnc2)C1. The van der Waals surface area contributed by atoms with Crippen molar-refractivity contribution in [3.8, 4) is 0 Å². The average Bonchev–Trinajstić information content (AvgIpc) is 3.44. The average molecular weight is 372 g/mol. The van der Waals surface area contributed by atoms with Crippen LogP contribution in [0.4, 0.5) is 0 Å². The molecule has 0 unspecified atom stereocenters. The van der Waals surface area contributed by atoms with Crippen molar-refractivity contribution in [2.45, 2.75) is 103 Å². The molecule has 1 aliphatic rings. The van der Waals surface area contributed by atoms with E-state index in [4.69, 9.17) is 4.74 Å². The van der Waals surface area contributed by atoms with Gasteiger partial charge in [0.05, 0.1) is 0 Å². The highest BCUT2D eigenvalue weighted by Crippen LogP contribution is 2.38. The molecule has 27 heavy (non-hydrogen) atoms. The van der Waals surface area contributed by atoms with Gasteiger partial charge < -0.3 is 4.74 Å². The van der Waals surface area contributed by atoms with Crippen LogP contribution in [0.25, 0.3) is 0 Å². The van der Waals surface area contributed by atoms with Gasteiger partial charge in [0.2, 0.25) is 0 Å². The molecule has 0 amide bonds. The molecule has 150 valence electrons. The van der Waals surface area contributed by atoms with Crippen LogP contribution in [0.15, 0.2) is 35.7 Å². The summed E-state index contributed by atoms with van der Waals surface area (Å²) in [7, 11) is 0. The number of pyridine rings is 1. The number of unbranched alkanes of at least 4 members (excludes halogenated alkanes) is 8. The van der Waals surface area contributed by atoms with Crippen LogP contribution in [0.5, 0.6) is 0 Å². The zero-order chi connectivity index (χ0) is 19.2. The van der Waals surface area contributed by atoms with Crippen molar-refractivity contribution in [2.24, 2.45) is 0 Å². The fourth-order valence-corrected chi connectivity index (χ4v) is 3.54. The van der Waals surface area contributed by atoms with Crippen LogP contribution >= 0.6 is 0 Å². The van der Waals surface area contributed by atoms with E-state index in [1.807, 2.05) is 12.1 Å². The molecule has 1 aliphatic carbocycles. The third kappa shape index (κ3) is 10.3. The highest BCUT2D eigenvalue weighted by Gasteiger charge is 2.19. The Morgan fingerprint density at radius 2 is 1.63 bits per heavy atom. The van der Waals surface area contributed by atoms with Gasteiger partial charge in [-0.25, -0.2) is 0 Å². The summed E-state index contributed by atoms with van der Waals surface area (Å²) < 4.78 is 5.28.